The zero-order chi connectivity index (χ0) is 19.5. The smallest absolute Gasteiger partial charge is 0.339 e. The molecule has 0 spiro atoms. The molecule has 0 aliphatic carbocycles. The summed E-state index contributed by atoms with van der Waals surface area (Å²) in [5.74, 6) is -0.831. The molecule has 0 saturated carbocycles. The van der Waals surface area contributed by atoms with Crippen molar-refractivity contribution in [1.29, 1.82) is 0 Å². The molecule has 2 N–H and O–H groups in total. The van der Waals surface area contributed by atoms with Gasteiger partial charge in [-0.1, -0.05) is 17.8 Å². The number of benzene rings is 2. The summed E-state index contributed by atoms with van der Waals surface area (Å²) >= 11 is 1.35. The number of hydrogen-bond acceptors (Lipinski definition) is 6. The van der Waals surface area contributed by atoms with E-state index in [0.29, 0.717) is 16.8 Å². The first kappa shape index (κ1) is 19.8. The van der Waals surface area contributed by atoms with Crippen molar-refractivity contribution in [2.75, 3.05) is 12.8 Å². The van der Waals surface area contributed by atoms with Crippen molar-refractivity contribution in [3.63, 3.8) is 0 Å². The molecular formula is C20H23NO4S. The average Bonchev–Trinajstić information content (AvgIpc) is 2.54. The highest BCUT2D eigenvalue weighted by molar-refractivity contribution is 7.99. The van der Waals surface area contributed by atoms with Gasteiger partial charge in [0.15, 0.2) is 0 Å². The number of nitrogen functional groups attached to an aromatic ring is 1. The van der Waals surface area contributed by atoms with Crippen molar-refractivity contribution < 1.29 is 19.1 Å². The monoisotopic (exact) mass is 373 g/mol. The van der Waals surface area contributed by atoms with E-state index in [1.807, 2.05) is 39.8 Å². The predicted octanol–water partition coefficient (Wildman–Crippen LogP) is 4.47. The second-order valence-corrected chi connectivity index (χ2v) is 7.93. The number of carbonyl (C=O) groups is 2. The Labute approximate surface area is 157 Å². The first-order valence-electron chi connectivity index (χ1n) is 8.10. The van der Waals surface area contributed by atoms with Crippen LogP contribution >= 0.6 is 11.8 Å². The molecule has 0 atom stereocenters. The second kappa shape index (κ2) is 7.83. The van der Waals surface area contributed by atoms with Crippen LogP contribution in [0.5, 0.6) is 0 Å². The Morgan fingerprint density at radius 3 is 2.27 bits per heavy atom. The zero-order valence-corrected chi connectivity index (χ0v) is 16.4. The molecule has 26 heavy (non-hydrogen) atoms. The summed E-state index contributed by atoms with van der Waals surface area (Å²) in [6.07, 6.45) is 0. The highest BCUT2D eigenvalue weighted by Crippen LogP contribution is 2.35. The molecule has 2 aromatic rings. The molecule has 0 heterocycles. The normalized spacial score (nSPS) is 11.1. The summed E-state index contributed by atoms with van der Waals surface area (Å²) in [4.78, 5) is 25.6. The largest absolute Gasteiger partial charge is 0.465 e. The SMILES string of the molecule is COC(=O)c1ccc(C)cc1Sc1ccc(C(=O)OC(C)(C)C)cc1N. The molecule has 0 radical (unpaired) electrons. The second-order valence-electron chi connectivity index (χ2n) is 6.85. The molecule has 6 heteroatoms. The van der Waals surface area contributed by atoms with E-state index < -0.39 is 17.5 Å². The van der Waals surface area contributed by atoms with E-state index >= 15 is 0 Å². The number of ether oxygens (including phenoxy) is 2. The summed E-state index contributed by atoms with van der Waals surface area (Å²) in [7, 11) is 1.35. The molecule has 0 amide bonds. The summed E-state index contributed by atoms with van der Waals surface area (Å²) in [5, 5.41) is 0. The Morgan fingerprint density at radius 2 is 1.69 bits per heavy atom. The minimum Gasteiger partial charge on any atom is -0.465 e. The van der Waals surface area contributed by atoms with E-state index in [-0.39, 0.29) is 0 Å². The number of rotatable bonds is 4. The maximum absolute atomic E-state index is 12.2. The fraction of sp³-hybridized carbons (Fsp3) is 0.300. The van der Waals surface area contributed by atoms with Crippen LogP contribution in [0.15, 0.2) is 46.2 Å². The number of esters is 2. The Bertz CT molecular complexity index is 840. The lowest BCUT2D eigenvalue weighted by Gasteiger charge is -2.19. The number of methoxy groups -OCH3 is 1. The first-order valence-corrected chi connectivity index (χ1v) is 8.92. The van der Waals surface area contributed by atoms with Gasteiger partial charge in [0.05, 0.1) is 18.2 Å². The van der Waals surface area contributed by atoms with E-state index in [2.05, 4.69) is 0 Å². The lowest BCUT2D eigenvalue weighted by molar-refractivity contribution is 0.00693. The lowest BCUT2D eigenvalue weighted by atomic mass is 10.1. The van der Waals surface area contributed by atoms with Crippen LogP contribution in [0.3, 0.4) is 0 Å². The van der Waals surface area contributed by atoms with Crippen molar-refractivity contribution in [2.24, 2.45) is 0 Å². The van der Waals surface area contributed by atoms with Crippen molar-refractivity contribution in [3.8, 4) is 0 Å². The molecule has 0 fully saturated rings. The fourth-order valence-electron chi connectivity index (χ4n) is 2.22. The van der Waals surface area contributed by atoms with Gasteiger partial charge in [0, 0.05) is 15.5 Å². The van der Waals surface area contributed by atoms with Gasteiger partial charge in [0.25, 0.3) is 0 Å². The number of aryl methyl sites for hydroxylation is 1. The maximum atomic E-state index is 12.2. The van der Waals surface area contributed by atoms with E-state index in [1.165, 1.54) is 18.9 Å². The van der Waals surface area contributed by atoms with Crippen LogP contribution in [0.1, 0.15) is 47.1 Å². The Kier molecular flexibility index (Phi) is 5.97. The molecule has 2 aromatic carbocycles. The first-order chi connectivity index (χ1) is 12.1. The van der Waals surface area contributed by atoms with Gasteiger partial charge in [-0.25, -0.2) is 9.59 Å². The fourth-order valence-corrected chi connectivity index (χ4v) is 3.27. The Balaban J connectivity index is 2.30. The van der Waals surface area contributed by atoms with Gasteiger partial charge in [-0.3, -0.25) is 0 Å². The molecule has 0 bridgehead atoms. The quantitative estimate of drug-likeness (QED) is 0.629. The maximum Gasteiger partial charge on any atom is 0.339 e. The highest BCUT2D eigenvalue weighted by Gasteiger charge is 2.19. The molecule has 0 aromatic heterocycles. The van der Waals surface area contributed by atoms with Gasteiger partial charge in [0.1, 0.15) is 5.60 Å². The van der Waals surface area contributed by atoms with Crippen LogP contribution in [0.4, 0.5) is 5.69 Å². The molecule has 0 saturated heterocycles. The highest BCUT2D eigenvalue weighted by atomic mass is 32.2. The van der Waals surface area contributed by atoms with Crippen LogP contribution in [-0.2, 0) is 9.47 Å². The molecule has 0 unspecified atom stereocenters. The molecule has 2 rings (SSSR count). The van der Waals surface area contributed by atoms with Crippen LogP contribution in [-0.4, -0.2) is 24.6 Å². The topological polar surface area (TPSA) is 78.6 Å². The standard InChI is InChI=1S/C20H23NO4S/c1-12-6-8-14(19(23)24-5)17(10-12)26-16-9-7-13(11-15(16)21)18(22)25-20(2,3)4/h6-11H,21H2,1-5H3. The molecule has 0 aliphatic heterocycles. The summed E-state index contributed by atoms with van der Waals surface area (Å²) in [6.45, 7) is 7.37. The van der Waals surface area contributed by atoms with Gasteiger partial charge in [0.2, 0.25) is 0 Å². The van der Waals surface area contributed by atoms with Gasteiger partial charge in [-0.15, -0.1) is 0 Å². The van der Waals surface area contributed by atoms with E-state index in [9.17, 15) is 9.59 Å². The molecule has 0 aliphatic rings. The van der Waals surface area contributed by atoms with Gasteiger partial charge < -0.3 is 15.2 Å². The van der Waals surface area contributed by atoms with Crippen LogP contribution in [0.2, 0.25) is 0 Å². The third kappa shape index (κ3) is 5.02. The van der Waals surface area contributed by atoms with Gasteiger partial charge in [-0.05, 0) is 63.6 Å². The lowest BCUT2D eigenvalue weighted by Crippen LogP contribution is -2.23. The minimum absolute atomic E-state index is 0.388. The number of anilines is 1. The third-order valence-electron chi connectivity index (χ3n) is 3.41. The minimum atomic E-state index is -0.573. The molecular weight excluding hydrogens is 350 g/mol. The van der Waals surface area contributed by atoms with Crippen LogP contribution in [0, 0.1) is 6.92 Å². The number of carbonyl (C=O) groups excluding carboxylic acids is 2. The van der Waals surface area contributed by atoms with Crippen molar-refractivity contribution in [2.45, 2.75) is 43.1 Å². The Morgan fingerprint density at radius 1 is 1.00 bits per heavy atom. The predicted molar refractivity (Wildman–Crippen MR) is 103 cm³/mol. The van der Waals surface area contributed by atoms with Gasteiger partial charge >= 0.3 is 11.9 Å². The number of nitrogens with two attached hydrogens (primary N) is 1. The van der Waals surface area contributed by atoms with Gasteiger partial charge in [-0.2, -0.15) is 0 Å². The van der Waals surface area contributed by atoms with E-state index in [1.54, 1.807) is 24.3 Å². The molecule has 138 valence electrons. The third-order valence-corrected chi connectivity index (χ3v) is 4.56. The van der Waals surface area contributed by atoms with Crippen molar-refractivity contribution in [1.82, 2.24) is 0 Å². The van der Waals surface area contributed by atoms with E-state index in [0.717, 1.165) is 15.4 Å². The van der Waals surface area contributed by atoms with Crippen LogP contribution < -0.4 is 5.73 Å². The van der Waals surface area contributed by atoms with Crippen molar-refractivity contribution in [3.05, 3.63) is 53.1 Å². The summed E-state index contributed by atoms with van der Waals surface area (Å²) < 4.78 is 10.2. The molecule has 5 nitrogen and oxygen atoms in total. The van der Waals surface area contributed by atoms with Crippen LogP contribution in [0.25, 0.3) is 0 Å². The average molecular weight is 373 g/mol. The van der Waals surface area contributed by atoms with Crippen molar-refractivity contribution >= 4 is 29.4 Å². The Hall–Kier alpha value is -2.47. The summed E-state index contributed by atoms with van der Waals surface area (Å²) in [5.41, 5.74) is 7.87. The summed E-state index contributed by atoms with van der Waals surface area (Å²) in [6, 6.07) is 10.5. The zero-order valence-electron chi connectivity index (χ0n) is 15.6. The van der Waals surface area contributed by atoms with E-state index in [4.69, 9.17) is 15.2 Å². The number of hydrogen-bond donors (Lipinski definition) is 1.